The Hall–Kier alpha value is -1.20. The molecule has 1 saturated carbocycles. The third-order valence-corrected chi connectivity index (χ3v) is 3.24. The highest BCUT2D eigenvalue weighted by molar-refractivity contribution is 5.29. The van der Waals surface area contributed by atoms with Crippen molar-refractivity contribution in [1.82, 2.24) is 14.9 Å². The summed E-state index contributed by atoms with van der Waals surface area (Å²) in [4.78, 5) is 10.9. The lowest BCUT2D eigenvalue weighted by atomic mass is 9.91. The molecule has 1 aliphatic carbocycles. The average molecular weight is 236 g/mol. The SMILES string of the molecule is Cc1cc(N)nc(CN(CCO)C2CCC2)n1. The Kier molecular flexibility index (Phi) is 3.91. The van der Waals surface area contributed by atoms with Crippen molar-refractivity contribution in [1.29, 1.82) is 0 Å². The zero-order chi connectivity index (χ0) is 12.3. The number of rotatable bonds is 5. The maximum absolute atomic E-state index is 9.09. The Bertz CT molecular complexity index is 359. The van der Waals surface area contributed by atoms with Crippen LogP contribution in [0, 0.1) is 6.92 Å². The molecule has 0 atom stereocenters. The first-order valence-electron chi connectivity index (χ1n) is 6.14. The van der Waals surface area contributed by atoms with Gasteiger partial charge in [-0.1, -0.05) is 6.42 Å². The number of aromatic nitrogens is 2. The van der Waals surface area contributed by atoms with E-state index in [2.05, 4.69) is 14.9 Å². The Labute approximate surface area is 102 Å². The van der Waals surface area contributed by atoms with Gasteiger partial charge in [-0.25, -0.2) is 9.97 Å². The van der Waals surface area contributed by atoms with E-state index in [1.54, 1.807) is 6.07 Å². The third kappa shape index (κ3) is 3.14. The molecule has 0 aromatic carbocycles. The molecule has 5 nitrogen and oxygen atoms in total. The second-order valence-electron chi connectivity index (χ2n) is 4.63. The molecule has 0 radical (unpaired) electrons. The normalized spacial score (nSPS) is 16.2. The van der Waals surface area contributed by atoms with Gasteiger partial charge in [0.25, 0.3) is 0 Å². The Balaban J connectivity index is 2.05. The third-order valence-electron chi connectivity index (χ3n) is 3.24. The predicted octanol–water partition coefficient (Wildman–Crippen LogP) is 0.714. The van der Waals surface area contributed by atoms with Gasteiger partial charge in [-0.05, 0) is 19.8 Å². The summed E-state index contributed by atoms with van der Waals surface area (Å²) in [5.41, 5.74) is 6.61. The second-order valence-corrected chi connectivity index (χ2v) is 4.63. The summed E-state index contributed by atoms with van der Waals surface area (Å²) >= 11 is 0. The molecule has 5 heteroatoms. The van der Waals surface area contributed by atoms with Crippen LogP contribution in [0.25, 0.3) is 0 Å². The first-order valence-corrected chi connectivity index (χ1v) is 6.14. The van der Waals surface area contributed by atoms with E-state index in [1.807, 2.05) is 6.92 Å². The smallest absolute Gasteiger partial charge is 0.144 e. The van der Waals surface area contributed by atoms with Crippen LogP contribution in [0.15, 0.2) is 6.07 Å². The lowest BCUT2D eigenvalue weighted by Gasteiger charge is -2.36. The summed E-state index contributed by atoms with van der Waals surface area (Å²) in [6, 6.07) is 2.34. The summed E-state index contributed by atoms with van der Waals surface area (Å²) < 4.78 is 0. The number of hydrogen-bond acceptors (Lipinski definition) is 5. The van der Waals surface area contributed by atoms with Crippen molar-refractivity contribution in [2.24, 2.45) is 0 Å². The minimum atomic E-state index is 0.178. The molecule has 1 heterocycles. The predicted molar refractivity (Wildman–Crippen MR) is 66.3 cm³/mol. The van der Waals surface area contributed by atoms with E-state index in [1.165, 1.54) is 19.3 Å². The fourth-order valence-corrected chi connectivity index (χ4v) is 2.18. The molecule has 0 unspecified atom stereocenters. The van der Waals surface area contributed by atoms with Gasteiger partial charge < -0.3 is 10.8 Å². The van der Waals surface area contributed by atoms with E-state index < -0.39 is 0 Å². The molecule has 17 heavy (non-hydrogen) atoms. The largest absolute Gasteiger partial charge is 0.395 e. The van der Waals surface area contributed by atoms with Gasteiger partial charge in [0.15, 0.2) is 0 Å². The first-order chi connectivity index (χ1) is 8.19. The number of hydrogen-bond donors (Lipinski definition) is 2. The molecule has 0 spiro atoms. The number of aliphatic hydroxyl groups excluding tert-OH is 1. The summed E-state index contributed by atoms with van der Waals surface area (Å²) in [7, 11) is 0. The van der Waals surface area contributed by atoms with E-state index in [0.717, 1.165) is 11.5 Å². The van der Waals surface area contributed by atoms with Gasteiger partial charge in [0.2, 0.25) is 0 Å². The molecule has 2 rings (SSSR count). The van der Waals surface area contributed by atoms with Gasteiger partial charge in [-0.2, -0.15) is 0 Å². The molecule has 0 amide bonds. The molecule has 3 N–H and O–H groups in total. The van der Waals surface area contributed by atoms with Gasteiger partial charge in [0, 0.05) is 24.3 Å². The quantitative estimate of drug-likeness (QED) is 0.787. The van der Waals surface area contributed by atoms with Crippen LogP contribution in [-0.2, 0) is 6.54 Å². The van der Waals surface area contributed by atoms with Gasteiger partial charge in [-0.15, -0.1) is 0 Å². The highest BCUT2D eigenvalue weighted by Crippen LogP contribution is 2.25. The standard InChI is InChI=1S/C12H20N4O/c1-9-7-11(13)15-12(14-9)8-16(5-6-17)10-3-2-4-10/h7,10,17H,2-6,8H2,1H3,(H2,13,14,15). The summed E-state index contributed by atoms with van der Waals surface area (Å²) in [5.74, 6) is 1.27. The van der Waals surface area contributed by atoms with Crippen molar-refractivity contribution < 1.29 is 5.11 Å². The van der Waals surface area contributed by atoms with Gasteiger partial charge in [0.05, 0.1) is 13.2 Å². The molecule has 1 aliphatic rings. The van der Waals surface area contributed by atoms with Gasteiger partial charge >= 0.3 is 0 Å². The lowest BCUT2D eigenvalue weighted by Crippen LogP contribution is -2.41. The molecule has 0 bridgehead atoms. The van der Waals surface area contributed by atoms with Crippen molar-refractivity contribution in [3.63, 3.8) is 0 Å². The maximum Gasteiger partial charge on any atom is 0.144 e. The van der Waals surface area contributed by atoms with Crippen LogP contribution in [0.4, 0.5) is 5.82 Å². The fraction of sp³-hybridized carbons (Fsp3) is 0.667. The van der Waals surface area contributed by atoms with Crippen molar-refractivity contribution >= 4 is 5.82 Å². The number of aryl methyl sites for hydroxylation is 1. The average Bonchev–Trinajstić information content (AvgIpc) is 2.13. The number of nitrogens with zero attached hydrogens (tertiary/aromatic N) is 3. The maximum atomic E-state index is 9.09. The summed E-state index contributed by atoms with van der Waals surface area (Å²) in [5, 5.41) is 9.09. The van der Waals surface area contributed by atoms with Gasteiger partial charge in [0.1, 0.15) is 11.6 Å². The molecule has 0 aliphatic heterocycles. The minimum absolute atomic E-state index is 0.178. The van der Waals surface area contributed by atoms with Crippen molar-refractivity contribution in [3.8, 4) is 0 Å². The molecular formula is C12H20N4O. The molecular weight excluding hydrogens is 216 g/mol. The molecule has 1 fully saturated rings. The van der Waals surface area contributed by atoms with Crippen LogP contribution in [0.3, 0.4) is 0 Å². The van der Waals surface area contributed by atoms with Crippen LogP contribution in [0.2, 0.25) is 0 Å². The van der Waals surface area contributed by atoms with E-state index in [-0.39, 0.29) is 6.61 Å². The Morgan fingerprint density at radius 3 is 2.76 bits per heavy atom. The zero-order valence-corrected chi connectivity index (χ0v) is 10.3. The van der Waals surface area contributed by atoms with Crippen LogP contribution < -0.4 is 5.73 Å². The van der Waals surface area contributed by atoms with E-state index in [9.17, 15) is 0 Å². The highest BCUT2D eigenvalue weighted by atomic mass is 16.3. The number of nitrogen functional groups attached to an aromatic ring is 1. The van der Waals surface area contributed by atoms with Crippen LogP contribution in [-0.4, -0.2) is 39.2 Å². The fourth-order valence-electron chi connectivity index (χ4n) is 2.18. The van der Waals surface area contributed by atoms with Crippen LogP contribution in [0.1, 0.15) is 30.8 Å². The van der Waals surface area contributed by atoms with Gasteiger partial charge in [-0.3, -0.25) is 4.90 Å². The van der Waals surface area contributed by atoms with Crippen molar-refractivity contribution in [3.05, 3.63) is 17.6 Å². The molecule has 1 aromatic heterocycles. The summed E-state index contributed by atoms with van der Waals surface area (Å²) in [6.45, 7) is 3.46. The second kappa shape index (κ2) is 5.42. The molecule has 0 saturated heterocycles. The number of anilines is 1. The topological polar surface area (TPSA) is 75.3 Å². The minimum Gasteiger partial charge on any atom is -0.395 e. The summed E-state index contributed by atoms with van der Waals surface area (Å²) in [6.07, 6.45) is 3.70. The Morgan fingerprint density at radius 1 is 1.47 bits per heavy atom. The van der Waals surface area contributed by atoms with E-state index in [0.29, 0.717) is 24.9 Å². The van der Waals surface area contributed by atoms with E-state index >= 15 is 0 Å². The van der Waals surface area contributed by atoms with Crippen LogP contribution in [0.5, 0.6) is 0 Å². The number of aliphatic hydroxyl groups is 1. The van der Waals surface area contributed by atoms with Crippen molar-refractivity contribution in [2.45, 2.75) is 38.8 Å². The monoisotopic (exact) mass is 236 g/mol. The molecule has 1 aromatic rings. The molecule has 94 valence electrons. The Morgan fingerprint density at radius 2 is 2.24 bits per heavy atom. The number of nitrogens with two attached hydrogens (primary N) is 1. The zero-order valence-electron chi connectivity index (χ0n) is 10.3. The first kappa shape index (κ1) is 12.3. The highest BCUT2D eigenvalue weighted by Gasteiger charge is 2.25. The van der Waals surface area contributed by atoms with Crippen molar-refractivity contribution in [2.75, 3.05) is 18.9 Å². The van der Waals surface area contributed by atoms with E-state index in [4.69, 9.17) is 10.8 Å². The van der Waals surface area contributed by atoms with Crippen LogP contribution >= 0.6 is 0 Å². The lowest BCUT2D eigenvalue weighted by molar-refractivity contribution is 0.0920.